The molecule has 2 aromatic heterocycles. The van der Waals surface area contributed by atoms with Crippen LogP contribution in [0.4, 0.5) is 13.2 Å². The van der Waals surface area contributed by atoms with Crippen LogP contribution in [0.2, 0.25) is 0 Å². The van der Waals surface area contributed by atoms with Gasteiger partial charge in [-0.15, -0.1) is 0 Å². The Morgan fingerprint density at radius 2 is 1.91 bits per heavy atom. The number of hydrogen-bond acceptors (Lipinski definition) is 8. The highest BCUT2D eigenvalue weighted by Crippen LogP contribution is 2.37. The summed E-state index contributed by atoms with van der Waals surface area (Å²) in [7, 11) is 2.47. The van der Waals surface area contributed by atoms with Crippen LogP contribution in [0.5, 0.6) is 5.75 Å². The molecule has 3 aromatic rings. The van der Waals surface area contributed by atoms with Crippen molar-refractivity contribution in [2.75, 3.05) is 20.8 Å². The predicted molar refractivity (Wildman–Crippen MR) is 106 cm³/mol. The molecule has 0 aliphatic heterocycles. The minimum atomic E-state index is -4.65. The van der Waals surface area contributed by atoms with Crippen LogP contribution in [0.1, 0.15) is 34.9 Å². The smallest absolute Gasteiger partial charge is 0.433 e. The van der Waals surface area contributed by atoms with Crippen LogP contribution >= 0.6 is 0 Å². The third kappa shape index (κ3) is 4.49. The molecule has 9 nitrogen and oxygen atoms in total. The summed E-state index contributed by atoms with van der Waals surface area (Å²) in [6.07, 6.45) is -4.65. The van der Waals surface area contributed by atoms with Crippen molar-refractivity contribution in [3.8, 4) is 17.2 Å². The molecule has 0 saturated heterocycles. The number of halogens is 3. The Morgan fingerprint density at radius 1 is 1.19 bits per heavy atom. The normalized spacial score (nSPS) is 12.5. The van der Waals surface area contributed by atoms with E-state index in [1.807, 2.05) is 0 Å². The maximum absolute atomic E-state index is 13.1. The number of carbonyl (C=O) groups is 2. The van der Waals surface area contributed by atoms with Crippen LogP contribution in [-0.4, -0.2) is 42.6 Å². The molecule has 0 unspecified atom stereocenters. The van der Waals surface area contributed by atoms with E-state index in [4.69, 9.17) is 14.9 Å². The molecule has 0 aliphatic rings. The third-order valence-electron chi connectivity index (χ3n) is 4.46. The molecule has 1 atom stereocenters. The van der Waals surface area contributed by atoms with Crippen molar-refractivity contribution < 1.29 is 36.7 Å². The Hall–Kier alpha value is -3.67. The monoisotopic (exact) mass is 452 g/mol. The zero-order chi connectivity index (χ0) is 23.6. The van der Waals surface area contributed by atoms with Crippen molar-refractivity contribution in [2.45, 2.75) is 19.1 Å². The summed E-state index contributed by atoms with van der Waals surface area (Å²) < 4.78 is 54.7. The number of nitrogens with one attached hydrogen (secondary N) is 1. The average Bonchev–Trinajstić information content (AvgIpc) is 3.21. The first-order chi connectivity index (χ1) is 15.1. The summed E-state index contributed by atoms with van der Waals surface area (Å²) in [4.78, 5) is 31.7. The van der Waals surface area contributed by atoms with E-state index in [0.717, 1.165) is 6.07 Å². The molecule has 3 rings (SSSR count). The number of nitrogens with two attached hydrogens (primary N) is 1. The summed E-state index contributed by atoms with van der Waals surface area (Å²) in [6.45, 7) is 1.16. The quantitative estimate of drug-likeness (QED) is 0.546. The number of carbonyl (C=O) groups excluding carboxylic acids is 2. The largest absolute Gasteiger partial charge is 0.494 e. The minimum absolute atomic E-state index is 0.0335. The van der Waals surface area contributed by atoms with Crippen LogP contribution in [0.15, 0.2) is 28.7 Å². The van der Waals surface area contributed by atoms with Crippen LogP contribution < -0.4 is 15.8 Å². The number of methoxy groups -OCH3 is 2. The highest BCUT2D eigenvalue weighted by atomic mass is 19.4. The second kappa shape index (κ2) is 8.83. The number of pyridine rings is 1. The van der Waals surface area contributed by atoms with E-state index in [9.17, 15) is 22.8 Å². The van der Waals surface area contributed by atoms with E-state index in [0.29, 0.717) is 0 Å². The molecule has 0 saturated carbocycles. The first-order valence-electron chi connectivity index (χ1n) is 9.23. The molecule has 0 aliphatic carbocycles. The van der Waals surface area contributed by atoms with Crippen LogP contribution in [-0.2, 0) is 15.7 Å². The SMILES string of the molecule is COC(=O)CNC(=O)c1nc(-c2ccc(OC)c3nc(C(F)(F)F)ccc23)oc1[C@H](C)N. The number of ether oxygens (including phenoxy) is 2. The molecule has 12 heteroatoms. The van der Waals surface area contributed by atoms with Crippen molar-refractivity contribution in [2.24, 2.45) is 5.73 Å². The Morgan fingerprint density at radius 3 is 2.50 bits per heavy atom. The average molecular weight is 452 g/mol. The number of rotatable bonds is 6. The van der Waals surface area contributed by atoms with Crippen LogP contribution in [0.3, 0.4) is 0 Å². The van der Waals surface area contributed by atoms with Gasteiger partial charge < -0.3 is 24.9 Å². The number of hydrogen-bond donors (Lipinski definition) is 2. The molecular formula is C20H19F3N4O5. The molecule has 170 valence electrons. The number of amides is 1. The molecular weight excluding hydrogens is 433 g/mol. The van der Waals surface area contributed by atoms with Crippen molar-refractivity contribution in [1.82, 2.24) is 15.3 Å². The molecule has 2 heterocycles. The fourth-order valence-electron chi connectivity index (χ4n) is 2.93. The van der Waals surface area contributed by atoms with Gasteiger partial charge in [-0.2, -0.15) is 13.2 Å². The first kappa shape index (κ1) is 23.0. The van der Waals surface area contributed by atoms with Crippen LogP contribution in [0, 0.1) is 0 Å². The van der Waals surface area contributed by atoms with Crippen molar-refractivity contribution in [3.63, 3.8) is 0 Å². The van der Waals surface area contributed by atoms with Crippen molar-refractivity contribution >= 4 is 22.8 Å². The summed E-state index contributed by atoms with van der Waals surface area (Å²) in [5.41, 5.74) is 4.85. The van der Waals surface area contributed by atoms with E-state index in [1.165, 1.54) is 32.4 Å². The standard InChI is InChI=1S/C20H19F3N4O5/c1-9(24)17-16(18(29)25-8-14(28)31-3)27-19(32-17)11-4-6-12(30-2)15-10(11)5-7-13(26-15)20(21,22)23/h4-7,9H,8,24H2,1-3H3,(H,25,29)/t9-/m0/s1. The van der Waals surface area contributed by atoms with Gasteiger partial charge in [-0.05, 0) is 31.2 Å². The van der Waals surface area contributed by atoms with Gasteiger partial charge in [-0.25, -0.2) is 9.97 Å². The number of alkyl halides is 3. The van der Waals surface area contributed by atoms with Gasteiger partial charge >= 0.3 is 12.1 Å². The van der Waals surface area contributed by atoms with Gasteiger partial charge in [0, 0.05) is 10.9 Å². The third-order valence-corrected chi connectivity index (χ3v) is 4.46. The molecule has 3 N–H and O–H groups in total. The predicted octanol–water partition coefficient (Wildman–Crippen LogP) is 2.84. The lowest BCUT2D eigenvalue weighted by Crippen LogP contribution is -2.31. The maximum Gasteiger partial charge on any atom is 0.433 e. The maximum atomic E-state index is 13.1. The second-order valence-electron chi connectivity index (χ2n) is 6.69. The molecule has 0 radical (unpaired) electrons. The molecule has 32 heavy (non-hydrogen) atoms. The topological polar surface area (TPSA) is 130 Å². The number of esters is 1. The Balaban J connectivity index is 2.12. The second-order valence-corrected chi connectivity index (χ2v) is 6.69. The fourth-order valence-corrected chi connectivity index (χ4v) is 2.93. The lowest BCUT2D eigenvalue weighted by Gasteiger charge is -2.11. The number of benzene rings is 1. The van der Waals surface area contributed by atoms with Gasteiger partial charge in [-0.3, -0.25) is 9.59 Å². The van der Waals surface area contributed by atoms with Crippen molar-refractivity contribution in [1.29, 1.82) is 0 Å². The van der Waals surface area contributed by atoms with E-state index in [2.05, 4.69) is 20.0 Å². The van der Waals surface area contributed by atoms with Crippen molar-refractivity contribution in [3.05, 3.63) is 41.4 Å². The zero-order valence-electron chi connectivity index (χ0n) is 17.2. The molecule has 0 bridgehead atoms. The van der Waals surface area contributed by atoms with Gasteiger partial charge in [0.15, 0.2) is 11.5 Å². The van der Waals surface area contributed by atoms with E-state index in [1.54, 1.807) is 6.92 Å². The fraction of sp³-hybridized carbons (Fsp3) is 0.300. The first-order valence-corrected chi connectivity index (χ1v) is 9.23. The Labute approximate surface area is 179 Å². The van der Waals surface area contributed by atoms with Gasteiger partial charge in [0.05, 0.1) is 20.3 Å². The molecule has 1 aromatic carbocycles. The summed E-state index contributed by atoms with van der Waals surface area (Å²) in [5, 5.41) is 2.60. The summed E-state index contributed by atoms with van der Waals surface area (Å²) in [6, 6.07) is 4.23. The number of nitrogens with zero attached hydrogens (tertiary/aromatic N) is 2. The highest BCUT2D eigenvalue weighted by Gasteiger charge is 2.33. The summed E-state index contributed by atoms with van der Waals surface area (Å²) >= 11 is 0. The number of aromatic nitrogens is 2. The van der Waals surface area contributed by atoms with Gasteiger partial charge in [0.1, 0.15) is 23.5 Å². The van der Waals surface area contributed by atoms with E-state index < -0.39 is 36.3 Å². The summed E-state index contributed by atoms with van der Waals surface area (Å²) in [5.74, 6) is -1.31. The lowest BCUT2D eigenvalue weighted by molar-refractivity contribution is -0.141. The van der Waals surface area contributed by atoms with Gasteiger partial charge in [-0.1, -0.05) is 0 Å². The lowest BCUT2D eigenvalue weighted by atomic mass is 10.1. The van der Waals surface area contributed by atoms with Gasteiger partial charge in [0.2, 0.25) is 5.89 Å². The Kier molecular flexibility index (Phi) is 6.35. The van der Waals surface area contributed by atoms with Crippen LogP contribution in [0.25, 0.3) is 22.4 Å². The number of oxazole rings is 1. The number of fused-ring (bicyclic) bond motifs is 1. The molecule has 1 amide bonds. The highest BCUT2D eigenvalue weighted by molar-refractivity contribution is 5.98. The zero-order valence-corrected chi connectivity index (χ0v) is 17.2. The molecule has 0 spiro atoms. The minimum Gasteiger partial charge on any atom is -0.494 e. The van der Waals surface area contributed by atoms with E-state index in [-0.39, 0.29) is 39.6 Å². The van der Waals surface area contributed by atoms with E-state index >= 15 is 0 Å². The van der Waals surface area contributed by atoms with Gasteiger partial charge in [0.25, 0.3) is 5.91 Å². The molecule has 0 fully saturated rings. The Bertz CT molecular complexity index is 1170.